The molecule has 1 amide bonds. The molecule has 34 heavy (non-hydrogen) atoms. The maximum absolute atomic E-state index is 12.8. The van der Waals surface area contributed by atoms with Crippen molar-refractivity contribution in [3.05, 3.63) is 71.8 Å². The third-order valence-corrected chi connectivity index (χ3v) is 6.45. The Labute approximate surface area is 200 Å². The van der Waals surface area contributed by atoms with Crippen molar-refractivity contribution in [2.75, 3.05) is 39.3 Å². The predicted molar refractivity (Wildman–Crippen MR) is 128 cm³/mol. The van der Waals surface area contributed by atoms with Gasteiger partial charge in [0.1, 0.15) is 0 Å². The summed E-state index contributed by atoms with van der Waals surface area (Å²) in [5, 5.41) is 14.8. The van der Waals surface area contributed by atoms with Crippen LogP contribution in [0.25, 0.3) is 0 Å². The van der Waals surface area contributed by atoms with Crippen LogP contribution in [0.1, 0.15) is 36.9 Å². The van der Waals surface area contributed by atoms with Gasteiger partial charge in [0, 0.05) is 39.3 Å². The molecule has 2 aromatic carbocycles. The lowest BCUT2D eigenvalue weighted by atomic mass is 9.96. The van der Waals surface area contributed by atoms with Crippen LogP contribution in [-0.2, 0) is 14.4 Å². The quantitative estimate of drug-likeness (QED) is 0.652. The number of nitrogens with zero attached hydrogens (tertiary/aromatic N) is 3. The molecule has 2 saturated heterocycles. The first-order valence-electron chi connectivity index (χ1n) is 11.7. The highest BCUT2D eigenvalue weighted by Gasteiger charge is 2.32. The van der Waals surface area contributed by atoms with Gasteiger partial charge < -0.3 is 15.1 Å². The van der Waals surface area contributed by atoms with E-state index in [1.807, 2.05) is 4.90 Å². The molecular formula is C26H33N3O5. The molecule has 2 N–H and O–H groups in total. The van der Waals surface area contributed by atoms with E-state index in [1.165, 1.54) is 11.1 Å². The Hall–Kier alpha value is -3.23. The van der Waals surface area contributed by atoms with Crippen LogP contribution < -0.4 is 0 Å². The molecule has 0 aromatic heterocycles. The number of carbonyl (C=O) groups excluding carboxylic acids is 1. The maximum atomic E-state index is 12.8. The van der Waals surface area contributed by atoms with Gasteiger partial charge in [-0.05, 0) is 30.9 Å². The van der Waals surface area contributed by atoms with E-state index in [9.17, 15) is 4.79 Å². The zero-order valence-corrected chi connectivity index (χ0v) is 19.5. The van der Waals surface area contributed by atoms with Gasteiger partial charge in [-0.1, -0.05) is 60.7 Å². The predicted octanol–water partition coefficient (Wildman–Crippen LogP) is 2.56. The highest BCUT2D eigenvalue weighted by molar-refractivity contribution is 6.27. The summed E-state index contributed by atoms with van der Waals surface area (Å²) in [6.45, 7) is 7.80. The van der Waals surface area contributed by atoms with E-state index in [0.717, 1.165) is 52.1 Å². The Morgan fingerprint density at radius 2 is 1.09 bits per heavy atom. The Morgan fingerprint density at radius 3 is 1.50 bits per heavy atom. The molecule has 2 heterocycles. The van der Waals surface area contributed by atoms with Crippen LogP contribution in [0.3, 0.4) is 0 Å². The molecule has 182 valence electrons. The van der Waals surface area contributed by atoms with Gasteiger partial charge in [-0.25, -0.2) is 9.59 Å². The monoisotopic (exact) mass is 467 g/mol. The summed E-state index contributed by atoms with van der Waals surface area (Å²) in [5.41, 5.74) is 2.67. The first-order valence-corrected chi connectivity index (χ1v) is 11.7. The minimum atomic E-state index is -1.82. The van der Waals surface area contributed by atoms with Crippen LogP contribution in [0.4, 0.5) is 0 Å². The molecular weight excluding hydrogens is 434 g/mol. The number of hydrogen-bond donors (Lipinski definition) is 2. The molecule has 2 fully saturated rings. The molecule has 4 rings (SSSR count). The van der Waals surface area contributed by atoms with Gasteiger partial charge in [0.15, 0.2) is 0 Å². The van der Waals surface area contributed by atoms with Crippen LogP contribution in [0.2, 0.25) is 0 Å². The van der Waals surface area contributed by atoms with Crippen LogP contribution >= 0.6 is 0 Å². The first kappa shape index (κ1) is 25.4. The molecule has 0 aliphatic carbocycles. The van der Waals surface area contributed by atoms with Gasteiger partial charge in [0.05, 0.1) is 12.1 Å². The molecule has 1 unspecified atom stereocenters. The number of amides is 1. The van der Waals surface area contributed by atoms with Gasteiger partial charge >= 0.3 is 11.9 Å². The molecule has 0 spiro atoms. The van der Waals surface area contributed by atoms with E-state index in [-0.39, 0.29) is 12.1 Å². The third kappa shape index (κ3) is 6.65. The average molecular weight is 468 g/mol. The first-order chi connectivity index (χ1) is 16.4. The van der Waals surface area contributed by atoms with Crippen molar-refractivity contribution in [3.63, 3.8) is 0 Å². The lowest BCUT2D eigenvalue weighted by molar-refractivity contribution is -0.159. The highest BCUT2D eigenvalue weighted by atomic mass is 16.4. The van der Waals surface area contributed by atoms with E-state index >= 15 is 0 Å². The Morgan fingerprint density at radius 1 is 0.676 bits per heavy atom. The fourth-order valence-corrected chi connectivity index (χ4v) is 4.63. The summed E-state index contributed by atoms with van der Waals surface area (Å²) in [7, 11) is 0. The smallest absolute Gasteiger partial charge is 0.414 e. The number of piperazine rings is 1. The summed E-state index contributed by atoms with van der Waals surface area (Å²) in [5.74, 6) is -3.33. The van der Waals surface area contributed by atoms with Crippen molar-refractivity contribution in [2.45, 2.75) is 31.8 Å². The number of likely N-dealkylation sites (tertiary alicyclic amines) is 1. The van der Waals surface area contributed by atoms with Crippen molar-refractivity contribution >= 4 is 17.8 Å². The Kier molecular flexibility index (Phi) is 9.18. The number of carboxylic acids is 2. The number of rotatable bonds is 5. The largest absolute Gasteiger partial charge is 0.473 e. The summed E-state index contributed by atoms with van der Waals surface area (Å²) >= 11 is 0. The van der Waals surface area contributed by atoms with Gasteiger partial charge in [-0.15, -0.1) is 0 Å². The fourth-order valence-electron chi connectivity index (χ4n) is 4.63. The van der Waals surface area contributed by atoms with Crippen molar-refractivity contribution in [1.82, 2.24) is 14.7 Å². The topological polar surface area (TPSA) is 101 Å². The molecule has 2 aliphatic heterocycles. The molecule has 1 atom stereocenters. The molecule has 0 radical (unpaired) electrons. The van der Waals surface area contributed by atoms with Crippen LogP contribution in [-0.4, -0.2) is 88.1 Å². The highest BCUT2D eigenvalue weighted by Crippen LogP contribution is 2.29. The number of aliphatic carboxylic acids is 2. The van der Waals surface area contributed by atoms with Crippen molar-refractivity contribution in [1.29, 1.82) is 0 Å². The number of hydrogen-bond acceptors (Lipinski definition) is 5. The fraction of sp³-hybridized carbons (Fsp3) is 0.423. The van der Waals surface area contributed by atoms with Gasteiger partial charge in [-0.3, -0.25) is 14.6 Å². The number of carboxylic acid groups (broad SMARTS) is 2. The van der Waals surface area contributed by atoms with E-state index in [0.29, 0.717) is 5.91 Å². The minimum absolute atomic E-state index is 0.00727. The zero-order chi connectivity index (χ0) is 24.5. The minimum Gasteiger partial charge on any atom is -0.473 e. The summed E-state index contributed by atoms with van der Waals surface area (Å²) in [4.78, 5) is 38.0. The number of carbonyl (C=O) groups is 3. The summed E-state index contributed by atoms with van der Waals surface area (Å²) in [6.07, 6.45) is 2.31. The van der Waals surface area contributed by atoms with E-state index in [4.69, 9.17) is 19.8 Å². The lowest BCUT2D eigenvalue weighted by Crippen LogP contribution is -2.54. The lowest BCUT2D eigenvalue weighted by Gasteiger charge is -2.42. The van der Waals surface area contributed by atoms with E-state index in [1.54, 1.807) is 0 Å². The standard InChI is InChI=1S/C24H31N3O.C2H2O4/c1-20(24(28)27-14-8-9-15-27)25-16-18-26(19-17-25)23(21-10-4-2-5-11-21)22-12-6-3-7-13-22;3-1(4)2(5)6/h2-7,10-13,20,23H,8-9,14-19H2,1H3;(H,3,4)(H,5,6). The van der Waals surface area contributed by atoms with Crippen LogP contribution in [0, 0.1) is 0 Å². The van der Waals surface area contributed by atoms with E-state index < -0.39 is 11.9 Å². The molecule has 0 bridgehead atoms. The Balaban J connectivity index is 0.000000481. The van der Waals surface area contributed by atoms with Gasteiger partial charge in [-0.2, -0.15) is 0 Å². The molecule has 2 aliphatic rings. The van der Waals surface area contributed by atoms with Gasteiger partial charge in [0.25, 0.3) is 0 Å². The molecule has 0 saturated carbocycles. The Bertz CT molecular complexity index is 888. The molecule has 8 nitrogen and oxygen atoms in total. The van der Waals surface area contributed by atoms with Crippen LogP contribution in [0.5, 0.6) is 0 Å². The second kappa shape index (κ2) is 12.3. The molecule has 2 aromatic rings. The second-order valence-electron chi connectivity index (χ2n) is 8.61. The zero-order valence-electron chi connectivity index (χ0n) is 19.5. The summed E-state index contributed by atoms with van der Waals surface area (Å²) < 4.78 is 0. The summed E-state index contributed by atoms with van der Waals surface area (Å²) in [6, 6.07) is 21.8. The maximum Gasteiger partial charge on any atom is 0.414 e. The van der Waals surface area contributed by atoms with Crippen molar-refractivity contribution in [3.8, 4) is 0 Å². The van der Waals surface area contributed by atoms with Gasteiger partial charge in [0.2, 0.25) is 5.91 Å². The normalized spacial score (nSPS) is 17.6. The SMILES string of the molecule is CC(C(=O)N1CCCC1)N1CCN(C(c2ccccc2)c2ccccc2)CC1.O=C(O)C(=O)O. The number of benzene rings is 2. The van der Waals surface area contributed by atoms with Crippen molar-refractivity contribution in [2.24, 2.45) is 0 Å². The molecule has 8 heteroatoms. The average Bonchev–Trinajstić information content (AvgIpc) is 3.41. The van der Waals surface area contributed by atoms with Crippen LogP contribution in [0.15, 0.2) is 60.7 Å². The van der Waals surface area contributed by atoms with Crippen molar-refractivity contribution < 1.29 is 24.6 Å². The third-order valence-electron chi connectivity index (χ3n) is 6.45. The van der Waals surface area contributed by atoms with E-state index in [2.05, 4.69) is 77.4 Å². The second-order valence-corrected chi connectivity index (χ2v) is 8.61.